The Morgan fingerprint density at radius 1 is 1.50 bits per heavy atom. The van der Waals surface area contributed by atoms with Crippen LogP contribution in [0.3, 0.4) is 0 Å². The van der Waals surface area contributed by atoms with E-state index in [2.05, 4.69) is 28.3 Å². The van der Waals surface area contributed by atoms with Gasteiger partial charge in [-0.2, -0.15) is 0 Å². The van der Waals surface area contributed by atoms with Gasteiger partial charge in [0.15, 0.2) is 0 Å². The Bertz CT molecular complexity index is 426. The Kier molecular flexibility index (Phi) is 2.94. The molecule has 0 amide bonds. The minimum absolute atomic E-state index is 0.467. The van der Waals surface area contributed by atoms with Crippen LogP contribution < -0.4 is 0 Å². The smallest absolute Gasteiger partial charge is 0.142 e. The first-order valence-corrected chi connectivity index (χ1v) is 7.14. The van der Waals surface area contributed by atoms with Crippen LogP contribution in [0.15, 0.2) is 12.4 Å². The Balaban J connectivity index is 1.83. The van der Waals surface area contributed by atoms with E-state index in [-0.39, 0.29) is 0 Å². The van der Waals surface area contributed by atoms with E-state index >= 15 is 0 Å². The van der Waals surface area contributed by atoms with E-state index in [0.717, 1.165) is 31.8 Å². The third kappa shape index (κ3) is 1.97. The van der Waals surface area contributed by atoms with Crippen LogP contribution in [-0.2, 0) is 12.1 Å². The molecule has 2 atom stereocenters. The zero-order valence-corrected chi connectivity index (χ0v) is 11.3. The highest BCUT2D eigenvalue weighted by Crippen LogP contribution is 2.41. The minimum Gasteiger partial charge on any atom is -0.380 e. The molecule has 0 radical (unpaired) electrons. The van der Waals surface area contributed by atoms with Crippen LogP contribution >= 0.6 is 0 Å². The van der Waals surface area contributed by atoms with E-state index in [0.29, 0.717) is 12.1 Å². The number of hydrogen-bond donors (Lipinski definition) is 1. The number of β-amino-alcohol motifs (C(OH)–C–C–N with tert-alkyl or cyclic N) is 1. The highest BCUT2D eigenvalue weighted by Gasteiger charge is 2.48. The molecule has 100 valence electrons. The number of aryl methyl sites for hydroxylation is 1. The van der Waals surface area contributed by atoms with Gasteiger partial charge >= 0.3 is 0 Å². The second-order valence-corrected chi connectivity index (χ2v) is 5.93. The van der Waals surface area contributed by atoms with E-state index in [9.17, 15) is 5.11 Å². The van der Waals surface area contributed by atoms with Gasteiger partial charge in [-0.15, -0.1) is 0 Å². The molecule has 4 heteroatoms. The average Bonchev–Trinajstić information content (AvgIpc) is 2.97. The maximum atomic E-state index is 11.0. The largest absolute Gasteiger partial charge is 0.380 e. The summed E-state index contributed by atoms with van der Waals surface area (Å²) in [4.78, 5) is 6.89. The van der Waals surface area contributed by atoms with Crippen molar-refractivity contribution >= 4 is 0 Å². The van der Waals surface area contributed by atoms with Gasteiger partial charge in [0.2, 0.25) is 0 Å². The molecule has 1 saturated carbocycles. The van der Waals surface area contributed by atoms with Crippen LogP contribution in [0.1, 0.15) is 45.4 Å². The molecule has 0 aromatic carbocycles. The number of aliphatic hydroxyl groups is 1. The predicted molar refractivity (Wildman–Crippen MR) is 70.2 cm³/mol. The number of nitrogens with zero attached hydrogens (tertiary/aromatic N) is 3. The summed E-state index contributed by atoms with van der Waals surface area (Å²) in [6.07, 6.45) is 8.27. The van der Waals surface area contributed by atoms with Crippen molar-refractivity contribution in [3.8, 4) is 0 Å². The van der Waals surface area contributed by atoms with Crippen LogP contribution in [0.5, 0.6) is 0 Å². The van der Waals surface area contributed by atoms with Crippen LogP contribution in [-0.4, -0.2) is 38.2 Å². The number of hydrogen-bond acceptors (Lipinski definition) is 3. The second-order valence-electron chi connectivity index (χ2n) is 5.93. The van der Waals surface area contributed by atoms with Crippen molar-refractivity contribution in [2.75, 3.05) is 6.54 Å². The first-order chi connectivity index (χ1) is 8.64. The fourth-order valence-corrected chi connectivity index (χ4v) is 3.32. The van der Waals surface area contributed by atoms with Crippen LogP contribution in [0.25, 0.3) is 0 Å². The number of likely N-dealkylation sites (tertiary alicyclic amines) is 1. The molecule has 2 fully saturated rings. The Labute approximate surface area is 109 Å². The Morgan fingerprint density at radius 2 is 2.28 bits per heavy atom. The standard InChI is InChI=1S/C14H23N3O/c1-3-7-16-8-6-15-13(16)14(18)9-11(2)17(10-14)12-4-5-12/h6,8,11-12,18H,3-5,7,9-10H2,1-2H3. The third-order valence-electron chi connectivity index (χ3n) is 4.26. The number of aromatic nitrogens is 2. The molecule has 2 heterocycles. The summed E-state index contributed by atoms with van der Waals surface area (Å²) >= 11 is 0. The van der Waals surface area contributed by atoms with Crippen molar-refractivity contribution in [3.63, 3.8) is 0 Å². The first kappa shape index (κ1) is 12.2. The van der Waals surface area contributed by atoms with Gasteiger partial charge < -0.3 is 9.67 Å². The van der Waals surface area contributed by atoms with Gasteiger partial charge in [0.1, 0.15) is 11.4 Å². The molecule has 0 spiro atoms. The van der Waals surface area contributed by atoms with Gasteiger partial charge in [-0.1, -0.05) is 6.92 Å². The lowest BCUT2D eigenvalue weighted by atomic mass is 10.00. The fourth-order valence-electron chi connectivity index (χ4n) is 3.32. The molecule has 1 aliphatic heterocycles. The maximum Gasteiger partial charge on any atom is 0.142 e. The third-order valence-corrected chi connectivity index (χ3v) is 4.26. The van der Waals surface area contributed by atoms with Crippen molar-refractivity contribution in [2.45, 2.75) is 63.8 Å². The van der Waals surface area contributed by atoms with Crippen LogP contribution in [0.2, 0.25) is 0 Å². The Morgan fingerprint density at radius 3 is 2.94 bits per heavy atom. The zero-order chi connectivity index (χ0) is 12.8. The summed E-state index contributed by atoms with van der Waals surface area (Å²) in [5.41, 5.74) is -0.749. The quantitative estimate of drug-likeness (QED) is 0.883. The summed E-state index contributed by atoms with van der Waals surface area (Å²) in [5, 5.41) is 11.0. The molecule has 1 N–H and O–H groups in total. The van der Waals surface area contributed by atoms with Gasteiger partial charge in [0.05, 0.1) is 0 Å². The van der Waals surface area contributed by atoms with Crippen molar-refractivity contribution < 1.29 is 5.11 Å². The van der Waals surface area contributed by atoms with Crippen molar-refractivity contribution in [3.05, 3.63) is 18.2 Å². The lowest BCUT2D eigenvalue weighted by Crippen LogP contribution is -2.35. The topological polar surface area (TPSA) is 41.3 Å². The molecular weight excluding hydrogens is 226 g/mol. The van der Waals surface area contributed by atoms with E-state index < -0.39 is 5.60 Å². The summed E-state index contributed by atoms with van der Waals surface area (Å²) in [6, 6.07) is 1.18. The number of rotatable bonds is 4. The summed E-state index contributed by atoms with van der Waals surface area (Å²) in [6.45, 7) is 6.07. The van der Waals surface area contributed by atoms with Gasteiger partial charge in [0.25, 0.3) is 0 Å². The number of imidazole rings is 1. The maximum absolute atomic E-state index is 11.0. The Hall–Kier alpha value is -0.870. The highest BCUT2D eigenvalue weighted by molar-refractivity contribution is 5.12. The van der Waals surface area contributed by atoms with Crippen LogP contribution in [0, 0.1) is 0 Å². The van der Waals surface area contributed by atoms with Gasteiger partial charge in [0, 0.05) is 37.6 Å². The van der Waals surface area contributed by atoms with Gasteiger partial charge in [-0.3, -0.25) is 4.90 Å². The minimum atomic E-state index is -0.749. The average molecular weight is 249 g/mol. The molecule has 1 saturated heterocycles. The molecular formula is C14H23N3O. The molecule has 2 aliphatic rings. The normalized spacial score (nSPS) is 33.2. The predicted octanol–water partition coefficient (Wildman–Crippen LogP) is 1.74. The SMILES string of the molecule is CCCn1ccnc1C1(O)CC(C)N(C2CC2)C1. The molecule has 1 aliphatic carbocycles. The molecule has 3 rings (SSSR count). The second kappa shape index (κ2) is 4.35. The van der Waals surface area contributed by atoms with E-state index in [4.69, 9.17) is 0 Å². The molecule has 2 unspecified atom stereocenters. The molecule has 0 bridgehead atoms. The molecule has 1 aromatic heterocycles. The fraction of sp³-hybridized carbons (Fsp3) is 0.786. The van der Waals surface area contributed by atoms with Crippen molar-refractivity contribution in [2.24, 2.45) is 0 Å². The lowest BCUT2D eigenvalue weighted by Gasteiger charge is -2.24. The van der Waals surface area contributed by atoms with E-state index in [1.807, 2.05) is 12.4 Å². The highest BCUT2D eigenvalue weighted by atomic mass is 16.3. The van der Waals surface area contributed by atoms with E-state index in [1.165, 1.54) is 12.8 Å². The molecule has 18 heavy (non-hydrogen) atoms. The van der Waals surface area contributed by atoms with Gasteiger partial charge in [-0.25, -0.2) is 4.98 Å². The van der Waals surface area contributed by atoms with Crippen LogP contribution in [0.4, 0.5) is 0 Å². The monoisotopic (exact) mass is 249 g/mol. The lowest BCUT2D eigenvalue weighted by molar-refractivity contribution is 0.0326. The van der Waals surface area contributed by atoms with Crippen molar-refractivity contribution in [1.29, 1.82) is 0 Å². The summed E-state index contributed by atoms with van der Waals surface area (Å²) in [7, 11) is 0. The van der Waals surface area contributed by atoms with E-state index in [1.54, 1.807) is 0 Å². The van der Waals surface area contributed by atoms with Gasteiger partial charge in [-0.05, 0) is 32.6 Å². The molecule has 1 aromatic rings. The summed E-state index contributed by atoms with van der Waals surface area (Å²) in [5.74, 6) is 0.861. The molecule has 4 nitrogen and oxygen atoms in total. The zero-order valence-electron chi connectivity index (χ0n) is 11.3. The first-order valence-electron chi connectivity index (χ1n) is 7.14. The van der Waals surface area contributed by atoms with Crippen molar-refractivity contribution in [1.82, 2.24) is 14.5 Å². The summed E-state index contributed by atoms with van der Waals surface area (Å²) < 4.78 is 2.11.